The zero-order valence-electron chi connectivity index (χ0n) is 15.6. The summed E-state index contributed by atoms with van der Waals surface area (Å²) < 4.78 is 23.4. The van der Waals surface area contributed by atoms with Crippen LogP contribution in [0.25, 0.3) is 0 Å². The lowest BCUT2D eigenvalue weighted by atomic mass is 10.2. The summed E-state index contributed by atoms with van der Waals surface area (Å²) in [7, 11) is 1.63. The predicted molar refractivity (Wildman–Crippen MR) is 104 cm³/mol. The Kier molecular flexibility index (Phi) is 8.38. The number of rotatable bonds is 9. The van der Waals surface area contributed by atoms with Gasteiger partial charge in [-0.1, -0.05) is 12.1 Å². The van der Waals surface area contributed by atoms with Gasteiger partial charge in [-0.25, -0.2) is 9.38 Å². The van der Waals surface area contributed by atoms with E-state index in [9.17, 15) is 9.50 Å². The minimum atomic E-state index is -0.736. The lowest BCUT2D eigenvalue weighted by molar-refractivity contribution is 0.110. The molecular formula is C20H26FN3O3. The molecule has 2 rings (SSSR count). The van der Waals surface area contributed by atoms with E-state index in [1.165, 1.54) is 24.3 Å². The second-order valence-corrected chi connectivity index (χ2v) is 5.84. The summed E-state index contributed by atoms with van der Waals surface area (Å²) in [6.45, 7) is 3.54. The first-order valence-corrected chi connectivity index (χ1v) is 8.82. The number of nitrogens with one attached hydrogen (secondary N) is 2. The lowest BCUT2D eigenvalue weighted by Crippen LogP contribution is -2.42. The van der Waals surface area contributed by atoms with Gasteiger partial charge in [0.1, 0.15) is 30.0 Å². The number of aliphatic imine (C=N–C) groups is 1. The summed E-state index contributed by atoms with van der Waals surface area (Å²) in [6.07, 6.45) is -0.736. The summed E-state index contributed by atoms with van der Waals surface area (Å²) in [5.74, 6) is 1.59. The topological polar surface area (TPSA) is 75.1 Å². The number of halogens is 1. The standard InChI is InChI=1S/C20H26FN3O3/c1-3-22-20(23-12-15-4-8-18(26-2)9-5-15)24-13-17(25)14-27-19-10-6-16(21)7-11-19/h4-11,17,25H,3,12-14H2,1-2H3,(H2,22,23,24). The molecule has 0 bridgehead atoms. The highest BCUT2D eigenvalue weighted by molar-refractivity contribution is 5.79. The van der Waals surface area contributed by atoms with Crippen molar-refractivity contribution in [3.63, 3.8) is 0 Å². The third kappa shape index (κ3) is 7.53. The molecule has 7 heteroatoms. The van der Waals surface area contributed by atoms with Crippen LogP contribution in [0.2, 0.25) is 0 Å². The largest absolute Gasteiger partial charge is 0.497 e. The molecule has 6 nitrogen and oxygen atoms in total. The molecule has 0 aliphatic heterocycles. The van der Waals surface area contributed by atoms with Crippen LogP contribution in [0.5, 0.6) is 11.5 Å². The number of hydrogen-bond acceptors (Lipinski definition) is 4. The minimum Gasteiger partial charge on any atom is -0.497 e. The van der Waals surface area contributed by atoms with Crippen molar-refractivity contribution in [2.24, 2.45) is 4.99 Å². The molecule has 0 amide bonds. The molecule has 0 saturated heterocycles. The van der Waals surface area contributed by atoms with Crippen molar-refractivity contribution in [2.75, 3.05) is 26.8 Å². The lowest BCUT2D eigenvalue weighted by Gasteiger charge is -2.16. The normalized spacial score (nSPS) is 12.4. The molecule has 2 aromatic rings. The zero-order valence-corrected chi connectivity index (χ0v) is 15.6. The van der Waals surface area contributed by atoms with Crippen LogP contribution in [-0.2, 0) is 6.54 Å². The smallest absolute Gasteiger partial charge is 0.191 e. The van der Waals surface area contributed by atoms with Crippen molar-refractivity contribution in [1.29, 1.82) is 0 Å². The molecule has 1 atom stereocenters. The summed E-state index contributed by atoms with van der Waals surface area (Å²) in [4.78, 5) is 4.50. The van der Waals surface area contributed by atoms with Gasteiger partial charge >= 0.3 is 0 Å². The fraction of sp³-hybridized carbons (Fsp3) is 0.350. The molecule has 3 N–H and O–H groups in total. The predicted octanol–water partition coefficient (Wildman–Crippen LogP) is 2.33. The number of aliphatic hydroxyl groups is 1. The monoisotopic (exact) mass is 375 g/mol. The van der Waals surface area contributed by atoms with Crippen molar-refractivity contribution >= 4 is 5.96 Å². The number of benzene rings is 2. The number of guanidine groups is 1. The highest BCUT2D eigenvalue weighted by atomic mass is 19.1. The summed E-state index contributed by atoms with van der Waals surface area (Å²) in [6, 6.07) is 13.4. The number of methoxy groups -OCH3 is 1. The molecule has 27 heavy (non-hydrogen) atoms. The number of aliphatic hydroxyl groups excluding tert-OH is 1. The molecule has 0 saturated carbocycles. The van der Waals surface area contributed by atoms with E-state index in [1.54, 1.807) is 7.11 Å². The van der Waals surface area contributed by atoms with Crippen molar-refractivity contribution in [3.8, 4) is 11.5 Å². The first kappa shape index (κ1) is 20.5. The Morgan fingerprint density at radius 3 is 2.37 bits per heavy atom. The molecule has 0 radical (unpaired) electrons. The maximum Gasteiger partial charge on any atom is 0.191 e. The van der Waals surface area contributed by atoms with Gasteiger partial charge in [0, 0.05) is 13.1 Å². The van der Waals surface area contributed by atoms with Gasteiger partial charge in [0.2, 0.25) is 0 Å². The van der Waals surface area contributed by atoms with Gasteiger partial charge in [-0.2, -0.15) is 0 Å². The van der Waals surface area contributed by atoms with Gasteiger partial charge in [-0.15, -0.1) is 0 Å². The van der Waals surface area contributed by atoms with Crippen LogP contribution in [0, 0.1) is 5.82 Å². The van der Waals surface area contributed by atoms with Crippen LogP contribution in [0.1, 0.15) is 12.5 Å². The molecule has 2 aromatic carbocycles. The van der Waals surface area contributed by atoms with E-state index >= 15 is 0 Å². The van der Waals surface area contributed by atoms with E-state index in [1.807, 2.05) is 31.2 Å². The summed E-state index contributed by atoms with van der Waals surface area (Å²) in [5, 5.41) is 16.3. The molecule has 0 spiro atoms. The number of hydrogen-bond donors (Lipinski definition) is 3. The van der Waals surface area contributed by atoms with Crippen LogP contribution >= 0.6 is 0 Å². The summed E-state index contributed by atoms with van der Waals surface area (Å²) >= 11 is 0. The quantitative estimate of drug-likeness (QED) is 0.463. The van der Waals surface area contributed by atoms with Crippen LogP contribution in [0.4, 0.5) is 4.39 Å². The molecular weight excluding hydrogens is 349 g/mol. The van der Waals surface area contributed by atoms with Crippen LogP contribution < -0.4 is 20.1 Å². The Morgan fingerprint density at radius 2 is 1.74 bits per heavy atom. The maximum absolute atomic E-state index is 12.9. The molecule has 0 fully saturated rings. The van der Waals surface area contributed by atoms with E-state index in [2.05, 4.69) is 15.6 Å². The molecule has 0 aromatic heterocycles. The SMILES string of the molecule is CCNC(=NCc1ccc(OC)cc1)NCC(O)COc1ccc(F)cc1. The van der Waals surface area contributed by atoms with Crippen molar-refractivity contribution < 1.29 is 19.0 Å². The van der Waals surface area contributed by atoms with Crippen LogP contribution in [0.15, 0.2) is 53.5 Å². The molecule has 0 heterocycles. The zero-order chi connectivity index (χ0) is 19.5. The second-order valence-electron chi connectivity index (χ2n) is 5.84. The van der Waals surface area contributed by atoms with Gasteiger partial charge in [-0.3, -0.25) is 0 Å². The van der Waals surface area contributed by atoms with Crippen molar-refractivity contribution in [3.05, 3.63) is 59.9 Å². The van der Waals surface area contributed by atoms with Crippen LogP contribution in [-0.4, -0.2) is 44.0 Å². The maximum atomic E-state index is 12.9. The highest BCUT2D eigenvalue weighted by Gasteiger charge is 2.07. The molecule has 0 aliphatic carbocycles. The Balaban J connectivity index is 1.80. The Hall–Kier alpha value is -2.80. The second kappa shape index (κ2) is 11.0. The third-order valence-corrected chi connectivity index (χ3v) is 3.68. The Bertz CT molecular complexity index is 705. The van der Waals surface area contributed by atoms with E-state index < -0.39 is 6.10 Å². The van der Waals surface area contributed by atoms with Crippen molar-refractivity contribution in [2.45, 2.75) is 19.6 Å². The molecule has 0 aliphatic rings. The third-order valence-electron chi connectivity index (χ3n) is 3.68. The molecule has 1 unspecified atom stereocenters. The highest BCUT2D eigenvalue weighted by Crippen LogP contribution is 2.12. The van der Waals surface area contributed by atoms with Crippen LogP contribution in [0.3, 0.4) is 0 Å². The first-order chi connectivity index (χ1) is 13.1. The van der Waals surface area contributed by atoms with Gasteiger partial charge in [0.25, 0.3) is 0 Å². The number of ether oxygens (including phenoxy) is 2. The van der Waals surface area contributed by atoms with Gasteiger partial charge < -0.3 is 25.2 Å². The Morgan fingerprint density at radius 1 is 1.07 bits per heavy atom. The van der Waals surface area contributed by atoms with E-state index in [-0.39, 0.29) is 19.0 Å². The van der Waals surface area contributed by atoms with E-state index in [0.29, 0.717) is 24.8 Å². The average molecular weight is 375 g/mol. The average Bonchev–Trinajstić information content (AvgIpc) is 2.70. The summed E-state index contributed by atoms with van der Waals surface area (Å²) in [5.41, 5.74) is 1.05. The first-order valence-electron chi connectivity index (χ1n) is 8.82. The van der Waals surface area contributed by atoms with E-state index in [4.69, 9.17) is 9.47 Å². The molecule has 146 valence electrons. The minimum absolute atomic E-state index is 0.0938. The van der Waals surface area contributed by atoms with Crippen molar-refractivity contribution in [1.82, 2.24) is 10.6 Å². The fourth-order valence-corrected chi connectivity index (χ4v) is 2.24. The fourth-order valence-electron chi connectivity index (χ4n) is 2.24. The number of nitrogens with zero attached hydrogens (tertiary/aromatic N) is 1. The van der Waals surface area contributed by atoms with Gasteiger partial charge in [0.15, 0.2) is 5.96 Å². The van der Waals surface area contributed by atoms with Gasteiger partial charge in [-0.05, 0) is 48.9 Å². The van der Waals surface area contributed by atoms with Gasteiger partial charge in [0.05, 0.1) is 13.7 Å². The van der Waals surface area contributed by atoms with E-state index in [0.717, 1.165) is 11.3 Å². The Labute approximate surface area is 159 Å².